The van der Waals surface area contributed by atoms with Crippen molar-refractivity contribution in [2.24, 2.45) is 58.7 Å². The van der Waals surface area contributed by atoms with Crippen LogP contribution in [0.5, 0.6) is 0 Å². The van der Waals surface area contributed by atoms with Crippen LogP contribution in [0, 0.1) is 58.7 Å². The Labute approximate surface area is 159 Å². The molecule has 0 saturated heterocycles. The van der Waals surface area contributed by atoms with Gasteiger partial charge in [-0.25, -0.2) is 0 Å². The summed E-state index contributed by atoms with van der Waals surface area (Å²) in [6, 6.07) is 0. The number of fused-ring (bicyclic) bond motifs is 7. The topological polar surface area (TPSA) is 40.5 Å². The molecule has 0 radical (unpaired) electrons. The molecule has 3 unspecified atom stereocenters. The Morgan fingerprint density at radius 1 is 0.769 bits per heavy atom. The maximum atomic E-state index is 11.2. The average Bonchev–Trinajstić information content (AvgIpc) is 3.48. The van der Waals surface area contributed by atoms with Crippen LogP contribution in [-0.2, 0) is 0 Å². The molecule has 0 bridgehead atoms. The minimum absolute atomic E-state index is 0.131. The van der Waals surface area contributed by atoms with Crippen LogP contribution in [0.3, 0.4) is 0 Å². The molecule has 2 nitrogen and oxygen atoms in total. The van der Waals surface area contributed by atoms with Crippen molar-refractivity contribution >= 4 is 0 Å². The normalized spacial score (nSPS) is 61.8. The zero-order valence-corrected chi connectivity index (χ0v) is 16.7. The lowest BCUT2D eigenvalue weighted by Crippen LogP contribution is -2.50. The van der Waals surface area contributed by atoms with E-state index in [4.69, 9.17) is 0 Å². The quantitative estimate of drug-likeness (QED) is 0.755. The van der Waals surface area contributed by atoms with Gasteiger partial charge < -0.3 is 10.2 Å². The van der Waals surface area contributed by atoms with E-state index in [1.807, 2.05) is 6.92 Å². The van der Waals surface area contributed by atoms with Gasteiger partial charge in [-0.1, -0.05) is 6.92 Å². The third-order valence-electron chi connectivity index (χ3n) is 11.0. The molecule has 0 aromatic heterocycles. The van der Waals surface area contributed by atoms with E-state index in [-0.39, 0.29) is 11.7 Å². The van der Waals surface area contributed by atoms with Crippen molar-refractivity contribution in [1.82, 2.24) is 0 Å². The predicted molar refractivity (Wildman–Crippen MR) is 102 cm³/mol. The Bertz CT molecular complexity index is 597. The van der Waals surface area contributed by atoms with Crippen molar-refractivity contribution < 1.29 is 10.2 Å². The Kier molecular flexibility index (Phi) is 3.43. The Morgan fingerprint density at radius 2 is 1.46 bits per heavy atom. The van der Waals surface area contributed by atoms with E-state index >= 15 is 0 Å². The molecule has 6 aliphatic rings. The van der Waals surface area contributed by atoms with E-state index in [1.54, 1.807) is 0 Å². The van der Waals surface area contributed by atoms with E-state index in [0.717, 1.165) is 41.9 Å². The highest BCUT2D eigenvalue weighted by Gasteiger charge is 2.73. The van der Waals surface area contributed by atoms with Gasteiger partial charge in [-0.15, -0.1) is 0 Å². The lowest BCUT2D eigenvalue weighted by Gasteiger charge is -2.56. The van der Waals surface area contributed by atoms with Crippen LogP contribution in [0.4, 0.5) is 0 Å². The smallest absolute Gasteiger partial charge is 0.0716 e. The molecule has 11 atom stereocenters. The minimum Gasteiger partial charge on any atom is -0.393 e. The molecule has 26 heavy (non-hydrogen) atoms. The third kappa shape index (κ3) is 2.02. The molecule has 6 aliphatic carbocycles. The molecular weight excluding hydrogens is 320 g/mol. The van der Waals surface area contributed by atoms with Gasteiger partial charge in [-0.05, 0) is 130 Å². The van der Waals surface area contributed by atoms with Crippen molar-refractivity contribution in [3.8, 4) is 0 Å². The first-order valence-electron chi connectivity index (χ1n) is 11.9. The van der Waals surface area contributed by atoms with E-state index in [1.165, 1.54) is 57.8 Å². The lowest BCUT2D eigenvalue weighted by molar-refractivity contribution is -0.0904. The number of aliphatic hydroxyl groups excluding tert-OH is 1. The predicted octanol–water partition coefficient (Wildman–Crippen LogP) is 4.63. The van der Waals surface area contributed by atoms with Crippen LogP contribution in [-0.4, -0.2) is 21.9 Å². The van der Waals surface area contributed by atoms with Gasteiger partial charge in [0.05, 0.1) is 11.7 Å². The van der Waals surface area contributed by atoms with Crippen molar-refractivity contribution in [3.05, 3.63) is 0 Å². The van der Waals surface area contributed by atoms with E-state index in [9.17, 15) is 10.2 Å². The Morgan fingerprint density at radius 3 is 2.19 bits per heavy atom. The summed E-state index contributed by atoms with van der Waals surface area (Å²) in [6.45, 7) is 4.56. The number of hydrogen-bond acceptors (Lipinski definition) is 2. The van der Waals surface area contributed by atoms with Gasteiger partial charge >= 0.3 is 0 Å². The molecule has 146 valence electrons. The maximum Gasteiger partial charge on any atom is 0.0716 e. The zero-order valence-electron chi connectivity index (χ0n) is 16.7. The van der Waals surface area contributed by atoms with Gasteiger partial charge in [0, 0.05) is 0 Å². The van der Waals surface area contributed by atoms with Crippen molar-refractivity contribution in [2.45, 2.75) is 89.8 Å². The fourth-order valence-corrected chi connectivity index (χ4v) is 9.90. The summed E-state index contributed by atoms with van der Waals surface area (Å²) in [5.74, 6) is 7.26. The third-order valence-corrected chi connectivity index (χ3v) is 11.0. The van der Waals surface area contributed by atoms with Crippen molar-refractivity contribution in [3.63, 3.8) is 0 Å². The Hall–Kier alpha value is -0.0800. The summed E-state index contributed by atoms with van der Waals surface area (Å²) in [6.07, 6.45) is 13.3. The highest BCUT2D eigenvalue weighted by atomic mass is 16.3. The second kappa shape index (κ2) is 5.29. The molecular formula is C24H38O2. The summed E-state index contributed by atoms with van der Waals surface area (Å²) in [5, 5.41) is 21.6. The maximum absolute atomic E-state index is 11.2. The van der Waals surface area contributed by atoms with Crippen LogP contribution in [0.1, 0.15) is 78.1 Å². The number of hydrogen-bond donors (Lipinski definition) is 2. The highest BCUT2D eigenvalue weighted by molar-refractivity contribution is 5.22. The van der Waals surface area contributed by atoms with Gasteiger partial charge in [0.2, 0.25) is 0 Å². The molecule has 2 N–H and O–H groups in total. The Balaban J connectivity index is 1.25. The highest BCUT2D eigenvalue weighted by Crippen LogP contribution is 2.74. The summed E-state index contributed by atoms with van der Waals surface area (Å²) in [5.41, 5.74) is 0.164. The summed E-state index contributed by atoms with van der Waals surface area (Å²) >= 11 is 0. The zero-order chi connectivity index (χ0) is 17.8. The van der Waals surface area contributed by atoms with Gasteiger partial charge in [-0.2, -0.15) is 0 Å². The molecule has 0 aliphatic heterocycles. The molecule has 0 aromatic rings. The van der Waals surface area contributed by atoms with Gasteiger partial charge in [0.1, 0.15) is 0 Å². The monoisotopic (exact) mass is 358 g/mol. The molecule has 0 aromatic carbocycles. The van der Waals surface area contributed by atoms with E-state index < -0.39 is 0 Å². The van der Waals surface area contributed by atoms with Gasteiger partial charge in [0.15, 0.2) is 0 Å². The first-order valence-corrected chi connectivity index (χ1v) is 11.9. The summed E-state index contributed by atoms with van der Waals surface area (Å²) in [4.78, 5) is 0. The molecule has 6 rings (SSSR count). The average molecular weight is 359 g/mol. The molecule has 0 amide bonds. The van der Waals surface area contributed by atoms with Crippen LogP contribution >= 0.6 is 0 Å². The standard InChI is InChI=1S/C24H38O2/c1-13(25)19-7-8-20-17-5-6-18-16(15(17)9-11-23(19,20)2)10-12-24(26)21(22(18)24)14-3-4-14/h13-22,25-26H,3-12H2,1-2H3/t13?,15-,16-,17-,18+,19-,20+,21?,22?,23-,24+/m1/s1. The molecule has 0 heterocycles. The van der Waals surface area contributed by atoms with Gasteiger partial charge in [-0.3, -0.25) is 0 Å². The summed E-state index contributed by atoms with van der Waals surface area (Å²) in [7, 11) is 0. The molecule has 0 spiro atoms. The number of aliphatic hydroxyl groups is 2. The first kappa shape index (κ1) is 16.8. The molecule has 6 fully saturated rings. The lowest BCUT2D eigenvalue weighted by atomic mass is 9.49. The SMILES string of the molecule is CC(O)[C@H]1CC[C@H]2[C@@H]3CC[C@@H]4C5C(C6CC6)[C@@]5(O)CC[C@@H]4[C@H]3CC[C@]12C. The van der Waals surface area contributed by atoms with E-state index in [2.05, 4.69) is 6.92 Å². The van der Waals surface area contributed by atoms with Crippen LogP contribution < -0.4 is 0 Å². The number of rotatable bonds is 2. The van der Waals surface area contributed by atoms with Crippen molar-refractivity contribution in [2.75, 3.05) is 0 Å². The second-order valence-corrected chi connectivity index (χ2v) is 11.7. The summed E-state index contributed by atoms with van der Waals surface area (Å²) < 4.78 is 0. The second-order valence-electron chi connectivity index (χ2n) is 11.7. The first-order chi connectivity index (χ1) is 12.4. The fourth-order valence-electron chi connectivity index (χ4n) is 9.90. The molecule has 2 heteroatoms. The van der Waals surface area contributed by atoms with Crippen LogP contribution in [0.2, 0.25) is 0 Å². The van der Waals surface area contributed by atoms with Crippen LogP contribution in [0.15, 0.2) is 0 Å². The molecule has 6 saturated carbocycles. The van der Waals surface area contributed by atoms with E-state index in [0.29, 0.717) is 23.2 Å². The van der Waals surface area contributed by atoms with Crippen LogP contribution in [0.25, 0.3) is 0 Å². The van der Waals surface area contributed by atoms with Crippen molar-refractivity contribution in [1.29, 1.82) is 0 Å². The largest absolute Gasteiger partial charge is 0.393 e. The van der Waals surface area contributed by atoms with Gasteiger partial charge in [0.25, 0.3) is 0 Å². The minimum atomic E-state index is -0.233. The fraction of sp³-hybridized carbons (Fsp3) is 1.00.